The first kappa shape index (κ1) is 21.8. The normalized spacial score (nSPS) is 15.8. The maximum Gasteiger partial charge on any atom is 0.254 e. The summed E-state index contributed by atoms with van der Waals surface area (Å²) >= 11 is 0. The number of amides is 1. The van der Waals surface area contributed by atoms with E-state index in [4.69, 9.17) is 4.74 Å². The van der Waals surface area contributed by atoms with E-state index in [1.165, 1.54) is 0 Å². The highest BCUT2D eigenvalue weighted by atomic mass is 16.5. The zero-order chi connectivity index (χ0) is 23.3. The van der Waals surface area contributed by atoms with Gasteiger partial charge in [0.2, 0.25) is 5.88 Å². The van der Waals surface area contributed by atoms with E-state index in [0.717, 1.165) is 47.8 Å². The van der Waals surface area contributed by atoms with E-state index in [1.54, 1.807) is 18.6 Å². The molecule has 1 aliphatic rings. The number of benzene rings is 2. The second kappa shape index (κ2) is 9.87. The second-order valence-electron chi connectivity index (χ2n) is 8.51. The highest BCUT2D eigenvalue weighted by Gasteiger charge is 2.29. The summed E-state index contributed by atoms with van der Waals surface area (Å²) in [4.78, 5) is 28.9. The molecule has 7 nitrogen and oxygen atoms in total. The zero-order valence-electron chi connectivity index (χ0n) is 19.2. The average molecular weight is 454 g/mol. The van der Waals surface area contributed by atoms with Gasteiger partial charge in [0.1, 0.15) is 17.3 Å². The van der Waals surface area contributed by atoms with Gasteiger partial charge >= 0.3 is 0 Å². The lowest BCUT2D eigenvalue weighted by Crippen LogP contribution is -2.39. The van der Waals surface area contributed by atoms with Gasteiger partial charge in [-0.05, 0) is 43.5 Å². The van der Waals surface area contributed by atoms with Crippen molar-refractivity contribution >= 4 is 5.91 Å². The average Bonchev–Trinajstić information content (AvgIpc) is 3.29. The minimum absolute atomic E-state index is 0.0486. The number of aromatic nitrogens is 4. The van der Waals surface area contributed by atoms with Crippen molar-refractivity contribution in [3.05, 3.63) is 102 Å². The summed E-state index contributed by atoms with van der Waals surface area (Å²) in [6.45, 7) is 3.89. The van der Waals surface area contributed by atoms with Crippen LogP contribution in [0.1, 0.15) is 46.2 Å². The predicted octanol–water partition coefficient (Wildman–Crippen LogP) is 4.84. The number of piperidine rings is 1. The molecular formula is C27H27N5O2. The third-order valence-corrected chi connectivity index (χ3v) is 6.26. The van der Waals surface area contributed by atoms with Crippen LogP contribution in [-0.4, -0.2) is 43.4 Å². The summed E-state index contributed by atoms with van der Waals surface area (Å²) < 4.78 is 8.10. The van der Waals surface area contributed by atoms with Crippen molar-refractivity contribution in [2.24, 2.45) is 0 Å². The van der Waals surface area contributed by atoms with Gasteiger partial charge in [0.25, 0.3) is 5.91 Å². The molecule has 0 unspecified atom stereocenters. The van der Waals surface area contributed by atoms with Gasteiger partial charge in [0.05, 0.1) is 0 Å². The minimum Gasteiger partial charge on any atom is -0.437 e. The molecule has 172 valence electrons. The fraction of sp³-hybridized carbons (Fsp3) is 0.259. The van der Waals surface area contributed by atoms with Gasteiger partial charge < -0.3 is 14.2 Å². The van der Waals surface area contributed by atoms with Crippen LogP contribution in [-0.2, 0) is 6.54 Å². The lowest BCUT2D eigenvalue weighted by Gasteiger charge is -2.33. The molecule has 1 saturated heterocycles. The van der Waals surface area contributed by atoms with E-state index in [2.05, 4.69) is 19.5 Å². The van der Waals surface area contributed by atoms with Crippen LogP contribution in [0.5, 0.6) is 11.6 Å². The first-order valence-electron chi connectivity index (χ1n) is 11.6. The second-order valence-corrected chi connectivity index (χ2v) is 8.51. The molecule has 1 fully saturated rings. The number of para-hydroxylation sites is 1. The maximum absolute atomic E-state index is 13.6. The molecule has 3 heterocycles. The summed E-state index contributed by atoms with van der Waals surface area (Å²) in [6.07, 6.45) is 8.89. The molecule has 2 aromatic heterocycles. The number of hydrogen-bond donors (Lipinski definition) is 0. The Balaban J connectivity index is 1.36. The van der Waals surface area contributed by atoms with E-state index in [9.17, 15) is 4.79 Å². The third kappa shape index (κ3) is 4.69. The number of rotatable bonds is 6. The summed E-state index contributed by atoms with van der Waals surface area (Å²) in [7, 11) is 0. The number of carbonyl (C=O) groups is 1. The molecule has 1 atom stereocenters. The number of carbonyl (C=O) groups excluding carboxylic acids is 1. The van der Waals surface area contributed by atoms with E-state index >= 15 is 0 Å². The smallest absolute Gasteiger partial charge is 0.254 e. The Kier molecular flexibility index (Phi) is 6.33. The molecule has 0 spiro atoms. The van der Waals surface area contributed by atoms with Crippen molar-refractivity contribution < 1.29 is 9.53 Å². The quantitative estimate of drug-likeness (QED) is 0.418. The Bertz CT molecular complexity index is 1270. The fourth-order valence-corrected chi connectivity index (χ4v) is 4.47. The molecule has 0 N–H and O–H groups in total. The van der Waals surface area contributed by atoms with Crippen molar-refractivity contribution in [3.63, 3.8) is 0 Å². The fourth-order valence-electron chi connectivity index (χ4n) is 4.47. The highest BCUT2D eigenvalue weighted by Crippen LogP contribution is 2.33. The molecular weight excluding hydrogens is 426 g/mol. The van der Waals surface area contributed by atoms with Crippen molar-refractivity contribution in [2.45, 2.75) is 32.2 Å². The first-order chi connectivity index (χ1) is 16.7. The molecule has 1 amide bonds. The van der Waals surface area contributed by atoms with Gasteiger partial charge in [-0.2, -0.15) is 0 Å². The zero-order valence-corrected chi connectivity index (χ0v) is 19.2. The molecule has 34 heavy (non-hydrogen) atoms. The largest absolute Gasteiger partial charge is 0.437 e. The van der Waals surface area contributed by atoms with Crippen molar-refractivity contribution in [1.82, 2.24) is 24.4 Å². The van der Waals surface area contributed by atoms with Crippen LogP contribution in [0.25, 0.3) is 0 Å². The van der Waals surface area contributed by atoms with Crippen LogP contribution in [0.2, 0.25) is 0 Å². The Morgan fingerprint density at radius 3 is 2.62 bits per heavy atom. The Morgan fingerprint density at radius 1 is 1.00 bits per heavy atom. The monoisotopic (exact) mass is 453 g/mol. The van der Waals surface area contributed by atoms with Gasteiger partial charge in [-0.15, -0.1) is 0 Å². The number of nitrogens with zero attached hydrogens (tertiary/aromatic N) is 5. The van der Waals surface area contributed by atoms with Crippen LogP contribution < -0.4 is 4.74 Å². The van der Waals surface area contributed by atoms with Crippen molar-refractivity contribution in [3.8, 4) is 11.6 Å². The number of likely N-dealkylation sites (tertiary alicyclic amines) is 1. The van der Waals surface area contributed by atoms with Crippen LogP contribution in [0.4, 0.5) is 0 Å². The van der Waals surface area contributed by atoms with Crippen molar-refractivity contribution in [2.75, 3.05) is 13.1 Å². The number of imidazole rings is 1. The van der Waals surface area contributed by atoms with Crippen molar-refractivity contribution in [1.29, 1.82) is 0 Å². The molecule has 0 radical (unpaired) electrons. The molecule has 5 rings (SSSR count). The Morgan fingerprint density at radius 2 is 1.79 bits per heavy atom. The molecule has 0 aliphatic carbocycles. The standard InChI is InChI=1S/C27H27N5O2/c1-20-28-15-17-31(20)18-21-8-5-6-12-24(21)27(33)32-16-7-9-22(19-32)25-26(30-14-13-29-25)34-23-10-3-2-4-11-23/h2-6,8,10-15,17,22H,7,9,16,18-19H2,1H3/t22-/m1/s1. The summed E-state index contributed by atoms with van der Waals surface area (Å²) in [5, 5.41) is 0. The topological polar surface area (TPSA) is 73.1 Å². The molecule has 1 aliphatic heterocycles. The summed E-state index contributed by atoms with van der Waals surface area (Å²) in [5.74, 6) is 2.26. The summed E-state index contributed by atoms with van der Waals surface area (Å²) in [6, 6.07) is 17.4. The lowest BCUT2D eigenvalue weighted by molar-refractivity contribution is 0.0703. The molecule has 2 aromatic carbocycles. The lowest BCUT2D eigenvalue weighted by atomic mass is 9.93. The van der Waals surface area contributed by atoms with Crippen LogP contribution in [0, 0.1) is 6.92 Å². The van der Waals surface area contributed by atoms with E-state index < -0.39 is 0 Å². The first-order valence-corrected chi connectivity index (χ1v) is 11.6. The number of hydrogen-bond acceptors (Lipinski definition) is 5. The summed E-state index contributed by atoms with van der Waals surface area (Å²) in [5.41, 5.74) is 2.52. The van der Waals surface area contributed by atoms with E-state index in [1.807, 2.05) is 72.6 Å². The Labute approximate surface area is 199 Å². The number of ether oxygens (including phenoxy) is 1. The third-order valence-electron chi connectivity index (χ3n) is 6.26. The van der Waals surface area contributed by atoms with Gasteiger partial charge in [-0.25, -0.2) is 9.97 Å². The molecule has 7 heteroatoms. The highest BCUT2D eigenvalue weighted by molar-refractivity contribution is 5.95. The molecule has 0 saturated carbocycles. The SMILES string of the molecule is Cc1nccn1Cc1ccccc1C(=O)N1CCC[C@@H](c2nccnc2Oc2ccccc2)C1. The molecule has 4 aromatic rings. The minimum atomic E-state index is 0.0486. The number of aryl methyl sites for hydroxylation is 1. The van der Waals surface area contributed by atoms with E-state index in [0.29, 0.717) is 19.0 Å². The predicted molar refractivity (Wildman–Crippen MR) is 129 cm³/mol. The van der Waals surface area contributed by atoms with Crippen LogP contribution in [0.15, 0.2) is 79.4 Å². The van der Waals surface area contributed by atoms with Crippen LogP contribution >= 0.6 is 0 Å². The molecule has 0 bridgehead atoms. The van der Waals surface area contributed by atoms with Gasteiger partial charge in [0.15, 0.2) is 0 Å². The Hall–Kier alpha value is -4.00. The van der Waals surface area contributed by atoms with Gasteiger partial charge in [-0.3, -0.25) is 9.78 Å². The van der Waals surface area contributed by atoms with E-state index in [-0.39, 0.29) is 11.8 Å². The van der Waals surface area contributed by atoms with Gasteiger partial charge in [-0.1, -0.05) is 36.4 Å². The van der Waals surface area contributed by atoms with Crippen LogP contribution in [0.3, 0.4) is 0 Å². The van der Waals surface area contributed by atoms with Gasteiger partial charge in [0, 0.05) is 55.9 Å². The maximum atomic E-state index is 13.6.